The fraction of sp³-hybridized carbons (Fsp3) is 0.590. The topological polar surface area (TPSA) is 113 Å². The predicted molar refractivity (Wildman–Crippen MR) is 191 cm³/mol. The van der Waals surface area contributed by atoms with Crippen molar-refractivity contribution in [2.45, 2.75) is 102 Å². The third kappa shape index (κ3) is 21.6. The molecule has 1 saturated carbocycles. The number of rotatable bonds is 15. The van der Waals surface area contributed by atoms with Gasteiger partial charge in [-0.05, 0) is 104 Å². The summed E-state index contributed by atoms with van der Waals surface area (Å²) in [6.45, 7) is 16.5. The van der Waals surface area contributed by atoms with Crippen LogP contribution in [0.4, 0.5) is 13.2 Å². The molecule has 49 heavy (non-hydrogen) atoms. The summed E-state index contributed by atoms with van der Waals surface area (Å²) in [5, 5.41) is 22.7. The second-order valence-electron chi connectivity index (χ2n) is 11.9. The molecule has 0 aliphatic heterocycles. The lowest BCUT2D eigenvalue weighted by Gasteiger charge is -2.31. The minimum Gasteiger partial charge on any atom is -0.494 e. The van der Waals surface area contributed by atoms with Crippen molar-refractivity contribution >= 4 is 13.6 Å². The van der Waals surface area contributed by atoms with Crippen molar-refractivity contribution in [2.24, 2.45) is 11.8 Å². The number of carbonyl (C=O) groups excluding carboxylic acids is 2. The number of hydrogen-bond donors (Lipinski definition) is 3. The Morgan fingerprint density at radius 3 is 2.18 bits per heavy atom. The van der Waals surface area contributed by atoms with Crippen molar-refractivity contribution in [2.75, 3.05) is 33.7 Å². The number of hydrogen-bond acceptors (Lipinski definition) is 7. The first-order valence-electron chi connectivity index (χ1n) is 16.9. The molecule has 0 amide bonds. The van der Waals surface area contributed by atoms with Crippen LogP contribution >= 0.6 is 0 Å². The van der Waals surface area contributed by atoms with Crippen molar-refractivity contribution < 1.29 is 47.6 Å². The minimum atomic E-state index is -4.01. The molecule has 7 nitrogen and oxygen atoms in total. The van der Waals surface area contributed by atoms with E-state index in [4.69, 9.17) is 34.4 Å². The maximum absolute atomic E-state index is 12.4. The van der Waals surface area contributed by atoms with Gasteiger partial charge in [0.2, 0.25) is 0 Å². The Morgan fingerprint density at radius 1 is 1.02 bits per heavy atom. The van der Waals surface area contributed by atoms with Crippen molar-refractivity contribution in [3.05, 3.63) is 83.7 Å². The number of aliphatic hydroxyl groups is 3. The Morgan fingerprint density at radius 2 is 1.65 bits per heavy atom. The van der Waals surface area contributed by atoms with Gasteiger partial charge in [-0.15, -0.1) is 6.58 Å². The largest absolute Gasteiger partial charge is 0.494 e. The number of aryl methyl sites for hydroxylation is 1. The summed E-state index contributed by atoms with van der Waals surface area (Å²) in [7, 11) is 1.63. The molecule has 0 radical (unpaired) electrons. The molecule has 280 valence electrons. The molecule has 0 heterocycles. The van der Waals surface area contributed by atoms with Gasteiger partial charge in [0, 0.05) is 26.1 Å². The second-order valence-corrected chi connectivity index (χ2v) is 11.9. The summed E-state index contributed by atoms with van der Waals surface area (Å²) in [4.78, 5) is 16.0. The molecular formula is C39H61F3O7. The second kappa shape index (κ2) is 29.8. The number of alkyl halides is 3. The van der Waals surface area contributed by atoms with Crippen molar-refractivity contribution in [1.29, 1.82) is 0 Å². The standard InChI is InChI=1S/C30H41F3O.C6H12O2.CH4O2.2CH2O/c1-4-6-19-34-27-16-10-22(3)29(21-27)26-15-17-28(24(5-2)20-26)25-13-11-23(12-14-25)9-7-8-18-30(31,32)33;1-6(5-7)3-4-8-2;2-1-3;2*1-2/h4,10,15-17,20-23,25,29H,1,5-9,11-14,18-19H2,2-3H3;7H,1,3-5H2,2H3;2-3H,1H2;2*1H2. The normalized spacial score (nSPS) is 19.5. The molecule has 2 unspecified atom stereocenters. The van der Waals surface area contributed by atoms with Crippen molar-refractivity contribution in [3.63, 3.8) is 0 Å². The third-order valence-electron chi connectivity index (χ3n) is 8.49. The SMILES string of the molecule is C=C(CO)CCOC.C=CCCOC1=CC(c2ccc(C3CCC(CCCCC(F)(F)F)CC3)c(CC)c2)C(C)C=C1.C=O.C=O.OCO. The van der Waals surface area contributed by atoms with Gasteiger partial charge in [0.05, 0.1) is 13.2 Å². The van der Waals surface area contributed by atoms with Crippen LogP contribution in [0.5, 0.6) is 0 Å². The van der Waals surface area contributed by atoms with Crippen LogP contribution in [0.3, 0.4) is 0 Å². The lowest BCUT2D eigenvalue weighted by molar-refractivity contribution is -0.135. The lowest BCUT2D eigenvalue weighted by Crippen LogP contribution is -2.16. The van der Waals surface area contributed by atoms with Gasteiger partial charge in [-0.3, -0.25) is 0 Å². The summed E-state index contributed by atoms with van der Waals surface area (Å²) in [5.41, 5.74) is 5.09. The molecule has 2 aliphatic rings. The number of methoxy groups -OCH3 is 1. The van der Waals surface area contributed by atoms with Crippen LogP contribution in [0.25, 0.3) is 0 Å². The average molecular weight is 699 g/mol. The smallest absolute Gasteiger partial charge is 0.389 e. The van der Waals surface area contributed by atoms with Gasteiger partial charge in [0.1, 0.15) is 26.1 Å². The van der Waals surface area contributed by atoms with E-state index in [1.54, 1.807) is 7.11 Å². The van der Waals surface area contributed by atoms with Crippen LogP contribution < -0.4 is 0 Å². The van der Waals surface area contributed by atoms with Gasteiger partial charge in [0.15, 0.2) is 0 Å². The van der Waals surface area contributed by atoms with Crippen LogP contribution in [0.15, 0.2) is 67.0 Å². The molecule has 0 spiro atoms. The van der Waals surface area contributed by atoms with E-state index < -0.39 is 19.4 Å². The number of allylic oxidation sites excluding steroid dienone is 3. The monoisotopic (exact) mass is 698 g/mol. The summed E-state index contributed by atoms with van der Waals surface area (Å²) in [6.07, 6.45) is 12.9. The number of ether oxygens (including phenoxy) is 2. The number of unbranched alkanes of at least 4 members (excludes halogenated alkanes) is 1. The van der Waals surface area contributed by atoms with E-state index in [9.17, 15) is 13.2 Å². The summed E-state index contributed by atoms with van der Waals surface area (Å²) >= 11 is 0. The number of carbonyl (C=O) groups is 2. The van der Waals surface area contributed by atoms with E-state index in [0.717, 1.165) is 62.7 Å². The van der Waals surface area contributed by atoms with Gasteiger partial charge in [-0.25, -0.2) is 0 Å². The van der Waals surface area contributed by atoms with E-state index in [1.165, 1.54) is 16.7 Å². The van der Waals surface area contributed by atoms with Gasteiger partial charge >= 0.3 is 6.18 Å². The molecule has 1 aromatic rings. The van der Waals surface area contributed by atoms with Crippen molar-refractivity contribution in [1.82, 2.24) is 0 Å². The molecule has 0 aromatic heterocycles. The zero-order valence-electron chi connectivity index (χ0n) is 29.9. The maximum atomic E-state index is 12.4. The van der Waals surface area contributed by atoms with E-state index in [1.807, 2.05) is 19.7 Å². The molecule has 1 aromatic carbocycles. The minimum absolute atomic E-state index is 0.0728. The Balaban J connectivity index is 0. The Hall–Kier alpha value is -3.05. The predicted octanol–water partition coefficient (Wildman–Crippen LogP) is 8.54. The van der Waals surface area contributed by atoms with Crippen LogP contribution in [-0.4, -0.2) is 68.8 Å². The Labute approximate surface area is 292 Å². The zero-order chi connectivity index (χ0) is 37.7. The van der Waals surface area contributed by atoms with Gasteiger partial charge < -0.3 is 34.4 Å². The first kappa shape index (κ1) is 48.1. The van der Waals surface area contributed by atoms with Crippen molar-refractivity contribution in [3.8, 4) is 0 Å². The lowest BCUT2D eigenvalue weighted by atomic mass is 9.74. The average Bonchev–Trinajstić information content (AvgIpc) is 3.12. The molecular weight excluding hydrogens is 637 g/mol. The molecule has 1 fully saturated rings. The molecule has 2 aliphatic carbocycles. The van der Waals surface area contributed by atoms with Crippen LogP contribution in [0.2, 0.25) is 0 Å². The van der Waals surface area contributed by atoms with E-state index in [2.05, 4.69) is 63.4 Å². The molecule has 3 N–H and O–H groups in total. The molecule has 3 rings (SSSR count). The highest BCUT2D eigenvalue weighted by atomic mass is 19.4. The van der Waals surface area contributed by atoms with E-state index in [-0.39, 0.29) is 13.0 Å². The Bertz CT molecular complexity index is 1060. The molecule has 10 heteroatoms. The fourth-order valence-electron chi connectivity index (χ4n) is 5.89. The number of benzene rings is 1. The summed E-state index contributed by atoms with van der Waals surface area (Å²) in [5.74, 6) is 2.85. The van der Waals surface area contributed by atoms with Crippen LogP contribution in [-0.2, 0) is 25.5 Å². The number of aliphatic hydroxyl groups excluding tert-OH is 2. The van der Waals surface area contributed by atoms with E-state index in [0.29, 0.717) is 43.3 Å². The highest BCUT2D eigenvalue weighted by Gasteiger charge is 2.28. The van der Waals surface area contributed by atoms with Gasteiger partial charge in [-0.2, -0.15) is 13.2 Å². The summed E-state index contributed by atoms with van der Waals surface area (Å²) in [6, 6.07) is 7.05. The van der Waals surface area contributed by atoms with E-state index >= 15 is 0 Å². The highest BCUT2D eigenvalue weighted by Crippen LogP contribution is 2.41. The molecule has 2 atom stereocenters. The molecule has 0 bridgehead atoms. The number of halogens is 3. The fourth-order valence-corrected chi connectivity index (χ4v) is 5.89. The molecule has 0 saturated heterocycles. The van der Waals surface area contributed by atoms with Crippen LogP contribution in [0, 0.1) is 11.8 Å². The first-order valence-corrected chi connectivity index (χ1v) is 16.9. The summed E-state index contributed by atoms with van der Waals surface area (Å²) < 4.78 is 47.7. The third-order valence-corrected chi connectivity index (χ3v) is 8.49. The Kier molecular flexibility index (Phi) is 29.3. The van der Waals surface area contributed by atoms with Crippen LogP contribution in [0.1, 0.15) is 107 Å². The quantitative estimate of drug-likeness (QED) is 0.0956. The maximum Gasteiger partial charge on any atom is 0.389 e. The van der Waals surface area contributed by atoms with Gasteiger partial charge in [0.25, 0.3) is 0 Å². The first-order chi connectivity index (χ1) is 23.5. The zero-order valence-corrected chi connectivity index (χ0v) is 29.9. The van der Waals surface area contributed by atoms with Gasteiger partial charge in [-0.1, -0.05) is 63.6 Å². The highest BCUT2D eigenvalue weighted by molar-refractivity contribution is 5.40.